The van der Waals surface area contributed by atoms with Crippen LogP contribution in [0.4, 0.5) is 0 Å². The van der Waals surface area contributed by atoms with Gasteiger partial charge in [-0.3, -0.25) is 9.69 Å². The molecule has 1 saturated heterocycles. The van der Waals surface area contributed by atoms with Crippen molar-refractivity contribution < 1.29 is 15.0 Å². The number of rotatable bonds is 3. The fourth-order valence-electron chi connectivity index (χ4n) is 1.62. The van der Waals surface area contributed by atoms with E-state index in [2.05, 4.69) is 0 Å². The number of aliphatic hydroxyl groups is 1. The van der Waals surface area contributed by atoms with E-state index in [1.807, 2.05) is 11.8 Å². The average molecular weight is 173 g/mol. The Bertz CT molecular complexity index is 172. The van der Waals surface area contributed by atoms with Crippen LogP contribution >= 0.6 is 0 Å². The normalized spacial score (nSPS) is 30.8. The summed E-state index contributed by atoms with van der Waals surface area (Å²) in [6.07, 6.45) is 0.658. The molecule has 1 fully saturated rings. The van der Waals surface area contributed by atoms with Gasteiger partial charge in [-0.15, -0.1) is 0 Å². The van der Waals surface area contributed by atoms with Gasteiger partial charge in [0.15, 0.2) is 0 Å². The van der Waals surface area contributed by atoms with Crippen LogP contribution in [-0.4, -0.2) is 46.3 Å². The number of carbonyl (C=O) groups is 1. The van der Waals surface area contributed by atoms with Crippen LogP contribution in [0, 0.1) is 0 Å². The third-order valence-corrected chi connectivity index (χ3v) is 2.29. The van der Waals surface area contributed by atoms with E-state index in [-0.39, 0.29) is 12.5 Å². The molecule has 70 valence electrons. The van der Waals surface area contributed by atoms with Gasteiger partial charge in [0.1, 0.15) is 0 Å². The first-order valence-electron chi connectivity index (χ1n) is 4.23. The molecule has 4 nitrogen and oxygen atoms in total. The zero-order chi connectivity index (χ0) is 9.14. The predicted octanol–water partition coefficient (Wildman–Crippen LogP) is -0.0838. The second-order valence-electron chi connectivity index (χ2n) is 3.38. The number of likely N-dealkylation sites (tertiary alicyclic amines) is 1. The highest BCUT2D eigenvalue weighted by Gasteiger charge is 2.27. The van der Waals surface area contributed by atoms with Crippen molar-refractivity contribution in [2.45, 2.75) is 31.9 Å². The van der Waals surface area contributed by atoms with Crippen LogP contribution in [0.5, 0.6) is 0 Å². The molecule has 0 aromatic heterocycles. The van der Waals surface area contributed by atoms with E-state index in [0.717, 1.165) is 6.42 Å². The van der Waals surface area contributed by atoms with Crippen molar-refractivity contribution in [1.29, 1.82) is 0 Å². The van der Waals surface area contributed by atoms with Crippen molar-refractivity contribution in [3.63, 3.8) is 0 Å². The molecule has 0 aromatic rings. The Labute approximate surface area is 71.8 Å². The largest absolute Gasteiger partial charge is 0.481 e. The number of nitrogens with zero attached hydrogens (tertiary/aromatic N) is 1. The molecule has 0 aliphatic carbocycles. The minimum atomic E-state index is -0.774. The van der Waals surface area contributed by atoms with Crippen LogP contribution in [0.3, 0.4) is 0 Å². The Morgan fingerprint density at radius 1 is 1.67 bits per heavy atom. The zero-order valence-electron chi connectivity index (χ0n) is 7.23. The third kappa shape index (κ3) is 2.46. The first kappa shape index (κ1) is 9.48. The number of aliphatic hydroxyl groups excluding tert-OH is 1. The number of aliphatic carboxylic acids is 1. The van der Waals surface area contributed by atoms with Gasteiger partial charge in [-0.1, -0.05) is 0 Å². The highest BCUT2D eigenvalue weighted by molar-refractivity contribution is 5.66. The molecular weight excluding hydrogens is 158 g/mol. The Hall–Kier alpha value is -0.610. The highest BCUT2D eigenvalue weighted by atomic mass is 16.4. The summed E-state index contributed by atoms with van der Waals surface area (Å²) < 4.78 is 0. The fraction of sp³-hybridized carbons (Fsp3) is 0.875. The van der Waals surface area contributed by atoms with Gasteiger partial charge in [-0.2, -0.15) is 0 Å². The molecule has 12 heavy (non-hydrogen) atoms. The minimum Gasteiger partial charge on any atom is -0.481 e. The topological polar surface area (TPSA) is 60.8 Å². The monoisotopic (exact) mass is 173 g/mol. The Morgan fingerprint density at radius 3 is 2.75 bits per heavy atom. The molecule has 1 aliphatic rings. The van der Waals surface area contributed by atoms with Crippen LogP contribution in [0.2, 0.25) is 0 Å². The molecule has 0 radical (unpaired) electrons. The standard InChI is InChI=1S/C8H15NO3/c1-6-4-7(10)5-9(6)3-2-8(11)12/h6-7,10H,2-5H2,1H3,(H,11,12). The van der Waals surface area contributed by atoms with Gasteiger partial charge < -0.3 is 10.2 Å². The number of β-amino-alcohol motifs (C(OH)–C–C–N with tert-alkyl or cyclic N) is 1. The highest BCUT2D eigenvalue weighted by Crippen LogP contribution is 2.16. The zero-order valence-corrected chi connectivity index (χ0v) is 7.23. The SMILES string of the molecule is CC1CC(O)CN1CCC(=O)O. The summed E-state index contributed by atoms with van der Waals surface area (Å²) in [5.41, 5.74) is 0. The van der Waals surface area contributed by atoms with Crippen molar-refractivity contribution in [1.82, 2.24) is 4.90 Å². The summed E-state index contributed by atoms with van der Waals surface area (Å²) in [7, 11) is 0. The lowest BCUT2D eigenvalue weighted by atomic mass is 10.2. The molecule has 1 rings (SSSR count). The smallest absolute Gasteiger partial charge is 0.304 e. The summed E-state index contributed by atoms with van der Waals surface area (Å²) in [6.45, 7) is 3.18. The van der Waals surface area contributed by atoms with Crippen LogP contribution < -0.4 is 0 Å². The first-order valence-corrected chi connectivity index (χ1v) is 4.23. The van der Waals surface area contributed by atoms with E-state index >= 15 is 0 Å². The van der Waals surface area contributed by atoms with Crippen LogP contribution in [0.25, 0.3) is 0 Å². The first-order chi connectivity index (χ1) is 5.59. The summed E-state index contributed by atoms with van der Waals surface area (Å²) in [5, 5.41) is 17.7. The number of hydrogen-bond acceptors (Lipinski definition) is 3. The second-order valence-corrected chi connectivity index (χ2v) is 3.38. The van der Waals surface area contributed by atoms with Gasteiger partial charge >= 0.3 is 5.97 Å². The summed E-state index contributed by atoms with van der Waals surface area (Å²) >= 11 is 0. The van der Waals surface area contributed by atoms with Crippen molar-refractivity contribution in [3.8, 4) is 0 Å². The molecule has 0 saturated carbocycles. The summed E-state index contributed by atoms with van der Waals surface area (Å²) in [6, 6.07) is 0.319. The molecule has 2 atom stereocenters. The molecule has 0 spiro atoms. The van der Waals surface area contributed by atoms with Gasteiger partial charge in [-0.05, 0) is 13.3 Å². The maximum Gasteiger partial charge on any atom is 0.304 e. The van der Waals surface area contributed by atoms with Crippen LogP contribution in [-0.2, 0) is 4.79 Å². The van der Waals surface area contributed by atoms with E-state index in [1.165, 1.54) is 0 Å². The molecular formula is C8H15NO3. The van der Waals surface area contributed by atoms with Crippen molar-refractivity contribution in [3.05, 3.63) is 0 Å². The summed E-state index contributed by atoms with van der Waals surface area (Å²) in [4.78, 5) is 12.3. The van der Waals surface area contributed by atoms with E-state index in [1.54, 1.807) is 0 Å². The lowest BCUT2D eigenvalue weighted by Crippen LogP contribution is -2.29. The Balaban J connectivity index is 2.28. The Morgan fingerprint density at radius 2 is 2.33 bits per heavy atom. The van der Waals surface area contributed by atoms with E-state index in [0.29, 0.717) is 19.1 Å². The molecule has 1 heterocycles. The fourth-order valence-corrected chi connectivity index (χ4v) is 1.62. The maximum absolute atomic E-state index is 10.3. The molecule has 0 bridgehead atoms. The second kappa shape index (κ2) is 3.87. The molecule has 0 aromatic carbocycles. The lowest BCUT2D eigenvalue weighted by Gasteiger charge is -2.18. The van der Waals surface area contributed by atoms with Crippen molar-refractivity contribution in [2.75, 3.05) is 13.1 Å². The van der Waals surface area contributed by atoms with Crippen LogP contribution in [0.1, 0.15) is 19.8 Å². The van der Waals surface area contributed by atoms with E-state index in [9.17, 15) is 9.90 Å². The third-order valence-electron chi connectivity index (χ3n) is 2.29. The molecule has 0 amide bonds. The van der Waals surface area contributed by atoms with Gasteiger partial charge in [0.25, 0.3) is 0 Å². The van der Waals surface area contributed by atoms with E-state index in [4.69, 9.17) is 5.11 Å². The van der Waals surface area contributed by atoms with E-state index < -0.39 is 5.97 Å². The van der Waals surface area contributed by atoms with Crippen molar-refractivity contribution >= 4 is 5.97 Å². The maximum atomic E-state index is 10.3. The number of hydrogen-bond donors (Lipinski definition) is 2. The Kier molecular flexibility index (Phi) is 3.05. The van der Waals surface area contributed by atoms with Gasteiger partial charge in [0.05, 0.1) is 12.5 Å². The minimum absolute atomic E-state index is 0.164. The van der Waals surface area contributed by atoms with Crippen LogP contribution in [0.15, 0.2) is 0 Å². The van der Waals surface area contributed by atoms with Crippen molar-refractivity contribution in [2.24, 2.45) is 0 Å². The van der Waals surface area contributed by atoms with Gasteiger partial charge in [0.2, 0.25) is 0 Å². The molecule has 4 heteroatoms. The molecule has 2 unspecified atom stereocenters. The summed E-state index contributed by atoms with van der Waals surface area (Å²) in [5.74, 6) is -0.774. The molecule has 2 N–H and O–H groups in total. The lowest BCUT2D eigenvalue weighted by molar-refractivity contribution is -0.137. The molecule has 1 aliphatic heterocycles. The average Bonchev–Trinajstić information content (AvgIpc) is 2.26. The van der Waals surface area contributed by atoms with Gasteiger partial charge in [-0.25, -0.2) is 0 Å². The quantitative estimate of drug-likeness (QED) is 0.626. The number of carboxylic acid groups (broad SMARTS) is 1. The van der Waals surface area contributed by atoms with Gasteiger partial charge in [0, 0.05) is 19.1 Å². The predicted molar refractivity (Wildman–Crippen MR) is 43.9 cm³/mol. The number of carboxylic acids is 1.